The summed E-state index contributed by atoms with van der Waals surface area (Å²) in [5.41, 5.74) is 2.34. The lowest BCUT2D eigenvalue weighted by Crippen LogP contribution is -2.36. The maximum Gasteiger partial charge on any atom is 0.267 e. The van der Waals surface area contributed by atoms with E-state index in [1.807, 2.05) is 36.4 Å². The first kappa shape index (κ1) is 17.5. The van der Waals surface area contributed by atoms with E-state index in [2.05, 4.69) is 17.0 Å². The van der Waals surface area contributed by atoms with Crippen molar-refractivity contribution in [2.45, 2.75) is 18.9 Å². The SMILES string of the molecule is COc1cc(-c2ccc(=O)n(C3CCN(C)CC3)n2)n(-c2ccccc2)n1. The minimum atomic E-state index is -0.0638. The van der Waals surface area contributed by atoms with Crippen molar-refractivity contribution in [1.82, 2.24) is 24.5 Å². The van der Waals surface area contributed by atoms with Crippen molar-refractivity contribution < 1.29 is 4.74 Å². The fraction of sp³-hybridized carbons (Fsp3) is 0.350. The summed E-state index contributed by atoms with van der Waals surface area (Å²) in [4.78, 5) is 14.7. The zero-order chi connectivity index (χ0) is 18.8. The standard InChI is InChI=1S/C20H23N5O2/c1-23-12-10-16(11-13-23)25-20(26)9-8-17(21-25)18-14-19(27-2)22-24(18)15-6-4-3-5-7-15/h3-9,14,16H,10-13H2,1-2H3. The van der Waals surface area contributed by atoms with E-state index in [4.69, 9.17) is 9.84 Å². The molecule has 27 heavy (non-hydrogen) atoms. The molecule has 1 aromatic carbocycles. The van der Waals surface area contributed by atoms with E-state index in [-0.39, 0.29) is 11.6 Å². The number of aromatic nitrogens is 4. The third kappa shape index (κ3) is 3.50. The number of ether oxygens (including phenoxy) is 1. The quantitative estimate of drug-likeness (QED) is 0.710. The van der Waals surface area contributed by atoms with Gasteiger partial charge < -0.3 is 9.64 Å². The molecule has 3 heterocycles. The molecule has 0 radical (unpaired) electrons. The van der Waals surface area contributed by atoms with Gasteiger partial charge in [0.25, 0.3) is 5.56 Å². The largest absolute Gasteiger partial charge is 0.480 e. The van der Waals surface area contributed by atoms with Crippen LogP contribution in [0.4, 0.5) is 0 Å². The van der Waals surface area contributed by atoms with E-state index >= 15 is 0 Å². The van der Waals surface area contributed by atoms with Gasteiger partial charge in [0.05, 0.1) is 24.5 Å². The second-order valence-corrected chi connectivity index (χ2v) is 6.86. The molecule has 1 aliphatic rings. The number of para-hydroxylation sites is 1. The van der Waals surface area contributed by atoms with Crippen molar-refractivity contribution in [3.63, 3.8) is 0 Å². The lowest BCUT2D eigenvalue weighted by molar-refractivity contribution is 0.208. The summed E-state index contributed by atoms with van der Waals surface area (Å²) in [6.45, 7) is 1.94. The molecule has 7 nitrogen and oxygen atoms in total. The van der Waals surface area contributed by atoms with Gasteiger partial charge in [0, 0.05) is 12.1 Å². The van der Waals surface area contributed by atoms with Gasteiger partial charge in [-0.3, -0.25) is 4.79 Å². The normalized spacial score (nSPS) is 15.8. The molecule has 140 valence electrons. The second-order valence-electron chi connectivity index (χ2n) is 6.86. The third-order valence-corrected chi connectivity index (χ3v) is 5.02. The topological polar surface area (TPSA) is 65.2 Å². The molecule has 7 heteroatoms. The molecule has 1 fully saturated rings. The van der Waals surface area contributed by atoms with Crippen molar-refractivity contribution in [2.75, 3.05) is 27.2 Å². The molecule has 0 bridgehead atoms. The van der Waals surface area contributed by atoms with Crippen molar-refractivity contribution >= 4 is 0 Å². The van der Waals surface area contributed by atoms with Gasteiger partial charge in [-0.25, -0.2) is 9.36 Å². The summed E-state index contributed by atoms with van der Waals surface area (Å²) in [5, 5.41) is 9.20. The van der Waals surface area contributed by atoms with Crippen LogP contribution in [-0.2, 0) is 0 Å². The fourth-order valence-corrected chi connectivity index (χ4v) is 3.47. The number of piperidine rings is 1. The van der Waals surface area contributed by atoms with Crippen molar-refractivity contribution in [3.05, 3.63) is 58.9 Å². The van der Waals surface area contributed by atoms with Crippen LogP contribution >= 0.6 is 0 Å². The highest BCUT2D eigenvalue weighted by molar-refractivity contribution is 5.59. The lowest BCUT2D eigenvalue weighted by Gasteiger charge is -2.29. The van der Waals surface area contributed by atoms with Crippen LogP contribution in [-0.4, -0.2) is 51.7 Å². The highest BCUT2D eigenvalue weighted by Gasteiger charge is 2.21. The number of rotatable bonds is 4. The molecule has 3 aromatic rings. The summed E-state index contributed by atoms with van der Waals surface area (Å²) < 4.78 is 8.76. The third-order valence-electron chi connectivity index (χ3n) is 5.02. The van der Waals surface area contributed by atoms with Crippen LogP contribution in [0, 0.1) is 0 Å². The first-order valence-electron chi connectivity index (χ1n) is 9.14. The van der Waals surface area contributed by atoms with Gasteiger partial charge in [-0.15, -0.1) is 5.10 Å². The number of nitrogens with zero attached hydrogens (tertiary/aromatic N) is 5. The number of hydrogen-bond donors (Lipinski definition) is 0. The van der Waals surface area contributed by atoms with Gasteiger partial charge in [0.15, 0.2) is 0 Å². The Balaban J connectivity index is 1.77. The first-order valence-corrected chi connectivity index (χ1v) is 9.14. The van der Waals surface area contributed by atoms with Crippen molar-refractivity contribution in [1.29, 1.82) is 0 Å². The maximum absolute atomic E-state index is 12.4. The van der Waals surface area contributed by atoms with Gasteiger partial charge in [0.2, 0.25) is 5.88 Å². The minimum absolute atomic E-state index is 0.0638. The summed E-state index contributed by atoms with van der Waals surface area (Å²) in [6, 6.07) is 15.1. The summed E-state index contributed by atoms with van der Waals surface area (Å²) >= 11 is 0. The average Bonchev–Trinajstić information content (AvgIpc) is 3.14. The number of likely N-dealkylation sites (tertiary alicyclic amines) is 1. The Morgan fingerprint density at radius 1 is 1.04 bits per heavy atom. The molecule has 1 aliphatic heterocycles. The maximum atomic E-state index is 12.4. The molecular weight excluding hydrogens is 342 g/mol. The smallest absolute Gasteiger partial charge is 0.267 e. The van der Waals surface area contributed by atoms with Crippen LogP contribution in [0.2, 0.25) is 0 Å². The minimum Gasteiger partial charge on any atom is -0.480 e. The zero-order valence-electron chi connectivity index (χ0n) is 15.6. The van der Waals surface area contributed by atoms with E-state index in [1.165, 1.54) is 0 Å². The second kappa shape index (κ2) is 7.36. The summed E-state index contributed by atoms with van der Waals surface area (Å²) in [6.07, 6.45) is 1.85. The Bertz CT molecular complexity index is 972. The van der Waals surface area contributed by atoms with Crippen LogP contribution in [0.15, 0.2) is 53.3 Å². The molecule has 0 atom stereocenters. The predicted octanol–water partition coefficient (Wildman–Crippen LogP) is 2.37. The highest BCUT2D eigenvalue weighted by atomic mass is 16.5. The van der Waals surface area contributed by atoms with Crippen molar-refractivity contribution in [3.8, 4) is 23.0 Å². The van der Waals surface area contributed by atoms with E-state index < -0.39 is 0 Å². The Morgan fingerprint density at radius 2 is 1.78 bits per heavy atom. The molecule has 0 spiro atoms. The summed E-state index contributed by atoms with van der Waals surface area (Å²) in [5.74, 6) is 0.507. The fourth-order valence-electron chi connectivity index (χ4n) is 3.47. The van der Waals surface area contributed by atoms with Crippen LogP contribution in [0.3, 0.4) is 0 Å². The Hall–Kier alpha value is -2.93. The number of hydrogen-bond acceptors (Lipinski definition) is 5. The molecule has 0 aliphatic carbocycles. The average molecular weight is 365 g/mol. The van der Waals surface area contributed by atoms with Gasteiger partial charge >= 0.3 is 0 Å². The van der Waals surface area contributed by atoms with Crippen LogP contribution in [0.5, 0.6) is 5.88 Å². The molecule has 4 rings (SSSR count). The van der Waals surface area contributed by atoms with E-state index in [0.29, 0.717) is 11.6 Å². The molecule has 0 amide bonds. The molecular formula is C20H23N5O2. The van der Waals surface area contributed by atoms with Crippen LogP contribution < -0.4 is 10.3 Å². The van der Waals surface area contributed by atoms with E-state index in [9.17, 15) is 4.79 Å². The predicted molar refractivity (Wildman–Crippen MR) is 103 cm³/mol. The van der Waals surface area contributed by atoms with Crippen LogP contribution in [0.1, 0.15) is 18.9 Å². The Kier molecular flexibility index (Phi) is 4.77. The Labute approximate surface area is 157 Å². The zero-order valence-corrected chi connectivity index (χ0v) is 15.6. The van der Waals surface area contributed by atoms with Gasteiger partial charge in [-0.2, -0.15) is 5.10 Å². The first-order chi connectivity index (χ1) is 13.2. The monoisotopic (exact) mass is 365 g/mol. The number of methoxy groups -OCH3 is 1. The molecule has 0 saturated carbocycles. The van der Waals surface area contributed by atoms with E-state index in [0.717, 1.165) is 37.3 Å². The highest BCUT2D eigenvalue weighted by Crippen LogP contribution is 2.26. The van der Waals surface area contributed by atoms with Gasteiger partial charge in [-0.05, 0) is 51.2 Å². The van der Waals surface area contributed by atoms with Gasteiger partial charge in [-0.1, -0.05) is 18.2 Å². The molecule has 2 aromatic heterocycles. The van der Waals surface area contributed by atoms with E-state index in [1.54, 1.807) is 28.6 Å². The Morgan fingerprint density at radius 3 is 2.48 bits per heavy atom. The summed E-state index contributed by atoms with van der Waals surface area (Å²) in [7, 11) is 3.70. The van der Waals surface area contributed by atoms with Crippen LogP contribution in [0.25, 0.3) is 17.1 Å². The number of benzene rings is 1. The molecule has 0 N–H and O–H groups in total. The molecule has 0 unspecified atom stereocenters. The van der Waals surface area contributed by atoms with Crippen molar-refractivity contribution in [2.24, 2.45) is 0 Å². The lowest BCUT2D eigenvalue weighted by atomic mass is 10.1. The van der Waals surface area contributed by atoms with Gasteiger partial charge in [0.1, 0.15) is 5.69 Å². The molecule has 1 saturated heterocycles.